The van der Waals surface area contributed by atoms with Gasteiger partial charge in [0.2, 0.25) is 0 Å². The van der Waals surface area contributed by atoms with E-state index in [4.69, 9.17) is 0 Å². The molecule has 0 radical (unpaired) electrons. The van der Waals surface area contributed by atoms with E-state index in [1.54, 1.807) is 18.2 Å². The first kappa shape index (κ1) is 11.1. The molecule has 0 aliphatic heterocycles. The van der Waals surface area contributed by atoms with Gasteiger partial charge >= 0.3 is 0 Å². The molecule has 0 fully saturated rings. The molecule has 1 nitrogen and oxygen atoms in total. The monoisotopic (exact) mass is 280 g/mol. The summed E-state index contributed by atoms with van der Waals surface area (Å²) in [6.07, 6.45) is 0.517. The van der Waals surface area contributed by atoms with Crippen molar-refractivity contribution in [3.05, 3.63) is 63.9 Å². The van der Waals surface area contributed by atoms with Gasteiger partial charge in [-0.1, -0.05) is 28.1 Å². The van der Waals surface area contributed by atoms with Gasteiger partial charge in [-0.25, -0.2) is 4.39 Å². The van der Waals surface area contributed by atoms with Gasteiger partial charge in [0.25, 0.3) is 0 Å². The largest absolute Gasteiger partial charge is 0.508 e. The highest BCUT2D eigenvalue weighted by atomic mass is 79.9. The van der Waals surface area contributed by atoms with Crippen LogP contribution in [-0.4, -0.2) is 5.11 Å². The summed E-state index contributed by atoms with van der Waals surface area (Å²) in [4.78, 5) is 0. The number of hydrogen-bond acceptors (Lipinski definition) is 1. The molecule has 0 aliphatic carbocycles. The molecule has 1 N–H and O–H groups in total. The molecule has 0 aliphatic rings. The minimum Gasteiger partial charge on any atom is -0.508 e. The Labute approximate surface area is 102 Å². The molecular formula is C13H10BrFO. The number of hydrogen-bond donors (Lipinski definition) is 1. The quantitative estimate of drug-likeness (QED) is 0.885. The summed E-state index contributed by atoms with van der Waals surface area (Å²) in [6, 6.07) is 11.6. The minimum absolute atomic E-state index is 0.229. The number of phenolic OH excluding ortho intramolecular Hbond substituents is 1. The number of benzene rings is 2. The fraction of sp³-hybridized carbons (Fsp3) is 0.0769. The van der Waals surface area contributed by atoms with Crippen LogP contribution in [0.1, 0.15) is 11.1 Å². The Hall–Kier alpha value is -1.35. The van der Waals surface area contributed by atoms with Crippen molar-refractivity contribution < 1.29 is 9.50 Å². The van der Waals surface area contributed by atoms with Crippen LogP contribution in [0.2, 0.25) is 0 Å². The van der Waals surface area contributed by atoms with Crippen LogP contribution < -0.4 is 0 Å². The summed E-state index contributed by atoms with van der Waals surface area (Å²) >= 11 is 3.34. The van der Waals surface area contributed by atoms with Crippen molar-refractivity contribution >= 4 is 15.9 Å². The van der Waals surface area contributed by atoms with E-state index in [9.17, 15) is 9.50 Å². The van der Waals surface area contributed by atoms with Crippen molar-refractivity contribution in [3.63, 3.8) is 0 Å². The lowest BCUT2D eigenvalue weighted by molar-refractivity contribution is 0.469. The maximum atomic E-state index is 13.0. The Morgan fingerprint density at radius 1 is 1.12 bits per heavy atom. The van der Waals surface area contributed by atoms with Gasteiger partial charge < -0.3 is 5.11 Å². The Balaban J connectivity index is 2.30. The van der Waals surface area contributed by atoms with E-state index >= 15 is 0 Å². The molecule has 0 aromatic heterocycles. The topological polar surface area (TPSA) is 20.2 Å². The van der Waals surface area contributed by atoms with Gasteiger partial charge in [-0.2, -0.15) is 0 Å². The molecule has 82 valence electrons. The van der Waals surface area contributed by atoms with Gasteiger partial charge in [-0.05, 0) is 41.5 Å². The molecule has 0 bridgehead atoms. The highest BCUT2D eigenvalue weighted by molar-refractivity contribution is 9.10. The second kappa shape index (κ2) is 4.66. The smallest absolute Gasteiger partial charge is 0.123 e. The Kier molecular flexibility index (Phi) is 3.25. The fourth-order valence-corrected chi connectivity index (χ4v) is 1.97. The van der Waals surface area contributed by atoms with E-state index in [-0.39, 0.29) is 11.6 Å². The molecule has 2 aromatic rings. The van der Waals surface area contributed by atoms with Crippen molar-refractivity contribution in [2.45, 2.75) is 6.42 Å². The zero-order valence-electron chi connectivity index (χ0n) is 8.45. The van der Waals surface area contributed by atoms with Crippen LogP contribution in [0.25, 0.3) is 0 Å². The first-order valence-electron chi connectivity index (χ1n) is 4.87. The second-order valence-corrected chi connectivity index (χ2v) is 4.50. The van der Waals surface area contributed by atoms with E-state index in [1.165, 1.54) is 12.1 Å². The predicted octanol–water partition coefficient (Wildman–Crippen LogP) is 3.88. The second-order valence-electron chi connectivity index (χ2n) is 3.58. The standard InChI is InChI=1S/C13H10BrFO/c14-11-4-5-13(16)10(8-11)6-9-2-1-3-12(15)7-9/h1-5,7-8,16H,6H2. The van der Waals surface area contributed by atoms with Crippen LogP contribution in [0.4, 0.5) is 4.39 Å². The predicted molar refractivity (Wildman–Crippen MR) is 65.0 cm³/mol. The third-order valence-corrected chi connectivity index (χ3v) is 2.82. The fourth-order valence-electron chi connectivity index (χ4n) is 1.56. The first-order valence-corrected chi connectivity index (χ1v) is 5.66. The average Bonchev–Trinajstić information content (AvgIpc) is 2.24. The van der Waals surface area contributed by atoms with Gasteiger partial charge in [0, 0.05) is 10.9 Å². The molecule has 0 unspecified atom stereocenters. The Morgan fingerprint density at radius 3 is 2.69 bits per heavy atom. The molecule has 0 saturated carbocycles. The van der Waals surface area contributed by atoms with Crippen molar-refractivity contribution in [2.24, 2.45) is 0 Å². The van der Waals surface area contributed by atoms with Crippen molar-refractivity contribution in [1.82, 2.24) is 0 Å². The summed E-state index contributed by atoms with van der Waals surface area (Å²) in [5.74, 6) is -0.0283. The number of phenols is 1. The SMILES string of the molecule is Oc1ccc(Br)cc1Cc1cccc(F)c1. The molecule has 0 atom stereocenters. The van der Waals surface area contributed by atoms with E-state index in [0.717, 1.165) is 15.6 Å². The van der Waals surface area contributed by atoms with Crippen molar-refractivity contribution in [1.29, 1.82) is 0 Å². The summed E-state index contributed by atoms with van der Waals surface area (Å²) < 4.78 is 13.9. The molecule has 0 spiro atoms. The third-order valence-electron chi connectivity index (χ3n) is 2.33. The van der Waals surface area contributed by atoms with E-state index < -0.39 is 0 Å². The normalized spacial score (nSPS) is 10.4. The van der Waals surface area contributed by atoms with Crippen molar-refractivity contribution in [2.75, 3.05) is 0 Å². The van der Waals surface area contributed by atoms with Gasteiger partial charge in [0.1, 0.15) is 11.6 Å². The molecule has 0 amide bonds. The number of aromatic hydroxyl groups is 1. The summed E-state index contributed by atoms with van der Waals surface area (Å²) in [6.45, 7) is 0. The molecule has 0 saturated heterocycles. The lowest BCUT2D eigenvalue weighted by atomic mass is 10.0. The zero-order valence-corrected chi connectivity index (χ0v) is 10.0. The van der Waals surface area contributed by atoms with E-state index in [1.807, 2.05) is 12.1 Å². The molecule has 2 rings (SSSR count). The van der Waals surface area contributed by atoms with Crippen molar-refractivity contribution in [3.8, 4) is 5.75 Å². The van der Waals surface area contributed by atoms with Gasteiger partial charge in [0.15, 0.2) is 0 Å². The summed E-state index contributed by atoms with van der Waals surface area (Å²) in [5.41, 5.74) is 1.62. The molecule has 3 heteroatoms. The zero-order chi connectivity index (χ0) is 11.5. The van der Waals surface area contributed by atoms with Crippen LogP contribution in [0, 0.1) is 5.82 Å². The molecular weight excluding hydrogens is 271 g/mol. The number of rotatable bonds is 2. The van der Waals surface area contributed by atoms with Crippen LogP contribution in [-0.2, 0) is 6.42 Å². The Morgan fingerprint density at radius 2 is 1.94 bits per heavy atom. The first-order chi connectivity index (χ1) is 7.65. The van der Waals surface area contributed by atoms with Crippen LogP contribution in [0.3, 0.4) is 0 Å². The summed E-state index contributed by atoms with van der Waals surface area (Å²) in [5, 5.41) is 9.65. The van der Waals surface area contributed by atoms with Gasteiger partial charge in [-0.3, -0.25) is 0 Å². The molecule has 16 heavy (non-hydrogen) atoms. The van der Waals surface area contributed by atoms with Crippen LogP contribution in [0.5, 0.6) is 5.75 Å². The lowest BCUT2D eigenvalue weighted by Gasteiger charge is -2.05. The van der Waals surface area contributed by atoms with Gasteiger partial charge in [0.05, 0.1) is 0 Å². The van der Waals surface area contributed by atoms with E-state index in [0.29, 0.717) is 6.42 Å². The summed E-state index contributed by atoms with van der Waals surface area (Å²) in [7, 11) is 0. The van der Waals surface area contributed by atoms with Crippen LogP contribution in [0.15, 0.2) is 46.9 Å². The third kappa shape index (κ3) is 2.61. The maximum Gasteiger partial charge on any atom is 0.123 e. The average molecular weight is 281 g/mol. The molecule has 0 heterocycles. The highest BCUT2D eigenvalue weighted by Gasteiger charge is 2.04. The minimum atomic E-state index is -0.257. The Bertz CT molecular complexity index is 511. The highest BCUT2D eigenvalue weighted by Crippen LogP contribution is 2.24. The number of halogens is 2. The maximum absolute atomic E-state index is 13.0. The van der Waals surface area contributed by atoms with E-state index in [2.05, 4.69) is 15.9 Å². The lowest BCUT2D eigenvalue weighted by Crippen LogP contribution is -1.90. The molecule has 2 aromatic carbocycles. The van der Waals surface area contributed by atoms with Crippen LogP contribution >= 0.6 is 15.9 Å². The van der Waals surface area contributed by atoms with Gasteiger partial charge in [-0.15, -0.1) is 0 Å².